The molecule has 0 atom stereocenters. The Morgan fingerprint density at radius 1 is 1.25 bits per heavy atom. The molecule has 0 spiro atoms. The Morgan fingerprint density at radius 2 is 2.06 bits per heavy atom. The molecule has 1 aromatic heterocycles. The largest absolute Gasteiger partial charge is 0.251 e. The van der Waals surface area contributed by atoms with Crippen molar-refractivity contribution in [3.8, 4) is 6.07 Å². The first-order chi connectivity index (χ1) is 7.81. The highest BCUT2D eigenvalue weighted by Gasteiger charge is 2.01. The van der Waals surface area contributed by atoms with E-state index in [4.69, 9.17) is 5.26 Å². The zero-order valence-corrected chi connectivity index (χ0v) is 9.66. The van der Waals surface area contributed by atoms with Crippen LogP contribution in [-0.2, 0) is 0 Å². The van der Waals surface area contributed by atoms with Gasteiger partial charge in [0.2, 0.25) is 0 Å². The molecule has 0 aliphatic heterocycles. The van der Waals surface area contributed by atoms with Crippen LogP contribution in [0, 0.1) is 11.3 Å². The number of para-hydroxylation sites is 1. The van der Waals surface area contributed by atoms with Gasteiger partial charge in [0, 0.05) is 4.88 Å². The van der Waals surface area contributed by atoms with Crippen LogP contribution in [0.25, 0.3) is 0 Å². The predicted octanol–water partition coefficient (Wildman–Crippen LogP) is 3.76. The molecular formula is C13H10N2S. The lowest BCUT2D eigenvalue weighted by molar-refractivity contribution is 1.43. The molecule has 0 fully saturated rings. The van der Waals surface area contributed by atoms with Gasteiger partial charge in [0.05, 0.1) is 17.0 Å². The number of hydrogen-bond donors (Lipinski definition) is 0. The van der Waals surface area contributed by atoms with Crippen LogP contribution in [0.3, 0.4) is 0 Å². The third kappa shape index (κ3) is 2.18. The SMILES string of the molecule is CC(=Nc1ccccc1C#N)c1cccs1. The summed E-state index contributed by atoms with van der Waals surface area (Å²) in [6, 6.07) is 13.5. The van der Waals surface area contributed by atoms with Crippen molar-refractivity contribution in [2.24, 2.45) is 4.99 Å². The van der Waals surface area contributed by atoms with Crippen molar-refractivity contribution in [2.45, 2.75) is 6.92 Å². The summed E-state index contributed by atoms with van der Waals surface area (Å²) in [5, 5.41) is 11.0. The lowest BCUT2D eigenvalue weighted by Gasteiger charge is -1.99. The van der Waals surface area contributed by atoms with Gasteiger partial charge in [-0.2, -0.15) is 5.26 Å². The quantitative estimate of drug-likeness (QED) is 0.718. The van der Waals surface area contributed by atoms with E-state index in [0.717, 1.165) is 16.3 Å². The average molecular weight is 226 g/mol. The smallest absolute Gasteiger partial charge is 0.101 e. The fourth-order valence-electron chi connectivity index (χ4n) is 1.39. The van der Waals surface area contributed by atoms with Crippen molar-refractivity contribution in [2.75, 3.05) is 0 Å². The molecule has 0 unspecified atom stereocenters. The maximum atomic E-state index is 8.95. The number of nitriles is 1. The van der Waals surface area contributed by atoms with E-state index in [9.17, 15) is 0 Å². The summed E-state index contributed by atoms with van der Waals surface area (Å²) in [7, 11) is 0. The first-order valence-electron chi connectivity index (χ1n) is 4.89. The van der Waals surface area contributed by atoms with Crippen molar-refractivity contribution < 1.29 is 0 Å². The second-order valence-corrected chi connectivity index (χ2v) is 4.25. The Labute approximate surface area is 98.5 Å². The lowest BCUT2D eigenvalue weighted by Crippen LogP contribution is -1.89. The summed E-state index contributed by atoms with van der Waals surface area (Å²) < 4.78 is 0. The highest BCUT2D eigenvalue weighted by atomic mass is 32.1. The van der Waals surface area contributed by atoms with Crippen LogP contribution in [-0.4, -0.2) is 5.71 Å². The fraction of sp³-hybridized carbons (Fsp3) is 0.0769. The van der Waals surface area contributed by atoms with Gasteiger partial charge in [-0.05, 0) is 30.5 Å². The first kappa shape index (κ1) is 10.6. The number of thiophene rings is 1. The molecule has 0 bridgehead atoms. The Morgan fingerprint density at radius 3 is 2.75 bits per heavy atom. The van der Waals surface area contributed by atoms with Gasteiger partial charge in [-0.3, -0.25) is 4.99 Å². The molecule has 0 saturated heterocycles. The molecule has 0 aliphatic carbocycles. The monoisotopic (exact) mass is 226 g/mol. The molecular weight excluding hydrogens is 216 g/mol. The average Bonchev–Trinajstić information content (AvgIpc) is 2.83. The minimum Gasteiger partial charge on any atom is -0.251 e. The summed E-state index contributed by atoms with van der Waals surface area (Å²) in [5.41, 5.74) is 2.28. The molecule has 78 valence electrons. The highest BCUT2D eigenvalue weighted by molar-refractivity contribution is 7.12. The van der Waals surface area contributed by atoms with E-state index in [1.165, 1.54) is 0 Å². The third-order valence-corrected chi connectivity index (χ3v) is 3.17. The van der Waals surface area contributed by atoms with E-state index in [2.05, 4.69) is 11.1 Å². The van der Waals surface area contributed by atoms with Crippen molar-refractivity contribution in [1.82, 2.24) is 0 Å². The first-order valence-corrected chi connectivity index (χ1v) is 5.77. The van der Waals surface area contributed by atoms with Crippen molar-refractivity contribution in [1.29, 1.82) is 5.26 Å². The highest BCUT2D eigenvalue weighted by Crippen LogP contribution is 2.20. The lowest BCUT2D eigenvalue weighted by atomic mass is 10.2. The van der Waals surface area contributed by atoms with Crippen molar-refractivity contribution >= 4 is 22.7 Å². The molecule has 2 aromatic rings. The Kier molecular flexibility index (Phi) is 3.13. The maximum Gasteiger partial charge on any atom is 0.101 e. The van der Waals surface area contributed by atoms with Gasteiger partial charge in [0.1, 0.15) is 6.07 Å². The van der Waals surface area contributed by atoms with Crippen LogP contribution in [0.4, 0.5) is 5.69 Å². The van der Waals surface area contributed by atoms with Crippen LogP contribution in [0.2, 0.25) is 0 Å². The van der Waals surface area contributed by atoms with E-state index < -0.39 is 0 Å². The van der Waals surface area contributed by atoms with E-state index in [-0.39, 0.29) is 0 Å². The maximum absolute atomic E-state index is 8.95. The van der Waals surface area contributed by atoms with Crippen LogP contribution in [0.15, 0.2) is 46.8 Å². The fourth-order valence-corrected chi connectivity index (χ4v) is 2.06. The van der Waals surface area contributed by atoms with Gasteiger partial charge in [-0.15, -0.1) is 11.3 Å². The summed E-state index contributed by atoms with van der Waals surface area (Å²) in [4.78, 5) is 5.61. The Balaban J connectivity index is 2.40. The number of hydrogen-bond acceptors (Lipinski definition) is 3. The minimum absolute atomic E-state index is 0.610. The molecule has 0 saturated carbocycles. The van der Waals surface area contributed by atoms with Crippen LogP contribution in [0.5, 0.6) is 0 Å². The van der Waals surface area contributed by atoms with E-state index in [0.29, 0.717) is 5.56 Å². The van der Waals surface area contributed by atoms with Gasteiger partial charge in [-0.25, -0.2) is 0 Å². The molecule has 2 nitrogen and oxygen atoms in total. The Bertz CT molecular complexity index is 548. The summed E-state index contributed by atoms with van der Waals surface area (Å²) >= 11 is 1.65. The van der Waals surface area contributed by atoms with Gasteiger partial charge in [-0.1, -0.05) is 18.2 Å². The predicted molar refractivity (Wildman–Crippen MR) is 67.3 cm³/mol. The molecule has 1 aromatic carbocycles. The molecule has 3 heteroatoms. The summed E-state index contributed by atoms with van der Waals surface area (Å²) in [5.74, 6) is 0. The van der Waals surface area contributed by atoms with E-state index in [1.54, 1.807) is 17.4 Å². The minimum atomic E-state index is 0.610. The van der Waals surface area contributed by atoms with Crippen molar-refractivity contribution in [3.63, 3.8) is 0 Å². The van der Waals surface area contributed by atoms with E-state index in [1.807, 2.05) is 42.6 Å². The van der Waals surface area contributed by atoms with Gasteiger partial charge in [0.25, 0.3) is 0 Å². The van der Waals surface area contributed by atoms with Crippen LogP contribution < -0.4 is 0 Å². The van der Waals surface area contributed by atoms with Gasteiger partial charge >= 0.3 is 0 Å². The van der Waals surface area contributed by atoms with Gasteiger partial charge < -0.3 is 0 Å². The number of benzene rings is 1. The zero-order valence-electron chi connectivity index (χ0n) is 8.84. The van der Waals surface area contributed by atoms with E-state index >= 15 is 0 Å². The molecule has 16 heavy (non-hydrogen) atoms. The summed E-state index contributed by atoms with van der Waals surface area (Å²) in [6.07, 6.45) is 0. The van der Waals surface area contributed by atoms with Crippen molar-refractivity contribution in [3.05, 3.63) is 52.2 Å². The standard InChI is InChI=1S/C13H10N2S/c1-10(13-7-4-8-16-13)15-12-6-3-2-5-11(12)9-14/h2-8H,1H3. The normalized spacial score (nSPS) is 11.1. The summed E-state index contributed by atoms with van der Waals surface area (Å²) in [6.45, 7) is 1.96. The third-order valence-electron chi connectivity index (χ3n) is 2.19. The number of rotatable bonds is 2. The Hall–Kier alpha value is -1.92. The van der Waals surface area contributed by atoms with Crippen LogP contribution >= 0.6 is 11.3 Å². The molecule has 0 N–H and O–H groups in total. The second kappa shape index (κ2) is 4.73. The second-order valence-electron chi connectivity index (χ2n) is 3.30. The molecule has 2 rings (SSSR count). The number of aliphatic imine (C=N–C) groups is 1. The molecule has 0 amide bonds. The molecule has 0 aliphatic rings. The topological polar surface area (TPSA) is 36.1 Å². The van der Waals surface area contributed by atoms with Crippen LogP contribution in [0.1, 0.15) is 17.4 Å². The zero-order chi connectivity index (χ0) is 11.4. The molecule has 0 radical (unpaired) electrons. The number of nitrogens with zero attached hydrogens (tertiary/aromatic N) is 2. The molecule has 1 heterocycles. The van der Waals surface area contributed by atoms with Gasteiger partial charge in [0.15, 0.2) is 0 Å².